The zero-order valence-electron chi connectivity index (χ0n) is 6.35. The van der Waals surface area contributed by atoms with Crippen LogP contribution < -0.4 is 5.73 Å². The zero-order valence-corrected chi connectivity index (χ0v) is 6.35. The minimum absolute atomic E-state index is 0. The highest BCUT2D eigenvalue weighted by atomic mass is 16.1. The van der Waals surface area contributed by atoms with Gasteiger partial charge in [-0.3, -0.25) is 4.79 Å². The summed E-state index contributed by atoms with van der Waals surface area (Å²) in [4.78, 5) is 10.9. The average molecular weight is 131 g/mol. The molecule has 0 heterocycles. The van der Waals surface area contributed by atoms with E-state index in [1.807, 2.05) is 20.8 Å². The minimum atomic E-state index is -0.245. The molecule has 2 heteroatoms. The second-order valence-electron chi connectivity index (χ2n) is 2.57. The molecule has 0 aromatic rings. The van der Waals surface area contributed by atoms with Gasteiger partial charge in [-0.1, -0.05) is 20.8 Å². The molecule has 1 atom stereocenters. The molecule has 0 amide bonds. The van der Waals surface area contributed by atoms with Crippen molar-refractivity contribution in [3.05, 3.63) is 0 Å². The predicted molar refractivity (Wildman–Crippen MR) is 40.2 cm³/mol. The summed E-state index contributed by atoms with van der Waals surface area (Å²) in [5.41, 5.74) is 5.47. The van der Waals surface area contributed by atoms with Gasteiger partial charge < -0.3 is 5.73 Å². The SMILES string of the molecule is CC[C@H](N)C(=O)C(C)C.[HH]. The van der Waals surface area contributed by atoms with Gasteiger partial charge in [0, 0.05) is 7.34 Å². The molecular formula is C7H17NO. The van der Waals surface area contributed by atoms with Gasteiger partial charge in [-0.2, -0.15) is 0 Å². The summed E-state index contributed by atoms with van der Waals surface area (Å²) in [5.74, 6) is 0.248. The highest BCUT2D eigenvalue weighted by Gasteiger charge is 2.13. The Morgan fingerprint density at radius 3 is 2.22 bits per heavy atom. The van der Waals surface area contributed by atoms with Gasteiger partial charge >= 0.3 is 0 Å². The number of ketones is 1. The van der Waals surface area contributed by atoms with Crippen LogP contribution in [0.25, 0.3) is 0 Å². The van der Waals surface area contributed by atoms with Gasteiger partial charge in [0.05, 0.1) is 6.04 Å². The molecule has 9 heavy (non-hydrogen) atoms. The summed E-state index contributed by atoms with van der Waals surface area (Å²) in [6.45, 7) is 5.67. The monoisotopic (exact) mass is 131 g/mol. The lowest BCUT2D eigenvalue weighted by Crippen LogP contribution is -2.32. The Morgan fingerprint density at radius 2 is 2.11 bits per heavy atom. The molecule has 2 N–H and O–H groups in total. The number of Topliss-reactive ketones (excluding diaryl/α,β-unsaturated/α-hetero) is 1. The molecule has 0 aliphatic carbocycles. The molecule has 0 aromatic heterocycles. The quantitative estimate of drug-likeness (QED) is 0.625. The third-order valence-electron chi connectivity index (χ3n) is 1.37. The molecule has 0 spiro atoms. The third-order valence-corrected chi connectivity index (χ3v) is 1.37. The van der Waals surface area contributed by atoms with Crippen LogP contribution in [-0.2, 0) is 4.79 Å². The van der Waals surface area contributed by atoms with Crippen molar-refractivity contribution in [3.63, 3.8) is 0 Å². The van der Waals surface area contributed by atoms with Gasteiger partial charge in [-0.25, -0.2) is 0 Å². The number of carbonyl (C=O) groups excluding carboxylic acids is 1. The smallest absolute Gasteiger partial charge is 0.152 e. The lowest BCUT2D eigenvalue weighted by Gasteiger charge is -2.09. The summed E-state index contributed by atoms with van der Waals surface area (Å²) in [6, 6.07) is -0.245. The van der Waals surface area contributed by atoms with Crippen molar-refractivity contribution in [2.24, 2.45) is 11.7 Å². The van der Waals surface area contributed by atoms with E-state index in [2.05, 4.69) is 0 Å². The molecule has 0 aromatic carbocycles. The second-order valence-corrected chi connectivity index (χ2v) is 2.57. The van der Waals surface area contributed by atoms with Crippen molar-refractivity contribution < 1.29 is 6.22 Å². The summed E-state index contributed by atoms with van der Waals surface area (Å²) < 4.78 is 0. The van der Waals surface area contributed by atoms with Crippen LogP contribution in [0.5, 0.6) is 0 Å². The van der Waals surface area contributed by atoms with Crippen molar-refractivity contribution in [2.45, 2.75) is 33.2 Å². The first-order chi connectivity index (χ1) is 4.09. The van der Waals surface area contributed by atoms with Crippen LogP contribution in [0.15, 0.2) is 0 Å². The molecule has 0 aliphatic heterocycles. The maximum atomic E-state index is 10.9. The Bertz CT molecular complexity index is 104. The molecule has 56 valence electrons. The normalized spacial score (nSPS) is 13.9. The number of carbonyl (C=O) groups is 1. The van der Waals surface area contributed by atoms with Gasteiger partial charge in [-0.05, 0) is 6.42 Å². The maximum absolute atomic E-state index is 10.9. The largest absolute Gasteiger partial charge is 0.322 e. The first kappa shape index (κ1) is 8.63. The standard InChI is InChI=1S/C7H15NO.H2/c1-4-6(8)7(9)5(2)3;/h5-6H,4,8H2,1-3H3;1H/t6-;/m0./s1. The third kappa shape index (κ3) is 2.61. The van der Waals surface area contributed by atoms with Crippen LogP contribution in [0, 0.1) is 5.92 Å². The number of hydrogen-bond donors (Lipinski definition) is 1. The van der Waals surface area contributed by atoms with E-state index < -0.39 is 0 Å². The van der Waals surface area contributed by atoms with E-state index in [0.29, 0.717) is 0 Å². The molecule has 0 saturated heterocycles. The fourth-order valence-corrected chi connectivity index (χ4v) is 0.629. The first-order valence-electron chi connectivity index (χ1n) is 3.38. The Hall–Kier alpha value is -0.370. The van der Waals surface area contributed by atoms with Crippen molar-refractivity contribution in [1.82, 2.24) is 0 Å². The minimum Gasteiger partial charge on any atom is -0.322 e. The topological polar surface area (TPSA) is 43.1 Å². The van der Waals surface area contributed by atoms with E-state index in [-0.39, 0.29) is 19.2 Å². The maximum Gasteiger partial charge on any atom is 0.152 e. The van der Waals surface area contributed by atoms with Crippen LogP contribution in [0.3, 0.4) is 0 Å². The highest BCUT2D eigenvalue weighted by molar-refractivity contribution is 5.85. The average Bonchev–Trinajstić information content (AvgIpc) is 1.84. The van der Waals surface area contributed by atoms with E-state index in [0.717, 1.165) is 6.42 Å². The lowest BCUT2D eigenvalue weighted by molar-refractivity contribution is -0.123. The first-order valence-corrected chi connectivity index (χ1v) is 3.38. The zero-order chi connectivity index (χ0) is 7.44. The van der Waals surface area contributed by atoms with E-state index >= 15 is 0 Å². The van der Waals surface area contributed by atoms with Crippen molar-refractivity contribution in [2.75, 3.05) is 0 Å². The fraction of sp³-hybridized carbons (Fsp3) is 0.857. The van der Waals surface area contributed by atoms with Crippen molar-refractivity contribution in [1.29, 1.82) is 0 Å². The molecule has 2 nitrogen and oxygen atoms in total. The second kappa shape index (κ2) is 3.62. The van der Waals surface area contributed by atoms with Crippen LogP contribution in [0.4, 0.5) is 0 Å². The van der Waals surface area contributed by atoms with Gasteiger partial charge in [-0.15, -0.1) is 0 Å². The number of hydrogen-bond acceptors (Lipinski definition) is 2. The molecule has 0 unspecified atom stereocenters. The van der Waals surface area contributed by atoms with Crippen LogP contribution >= 0.6 is 0 Å². The van der Waals surface area contributed by atoms with Crippen LogP contribution in [-0.4, -0.2) is 11.8 Å². The molecule has 0 fully saturated rings. The summed E-state index contributed by atoms with van der Waals surface area (Å²) in [7, 11) is 0. The molecule has 0 radical (unpaired) electrons. The lowest BCUT2D eigenvalue weighted by atomic mass is 10.0. The predicted octanol–water partition coefficient (Wildman–Crippen LogP) is 1.19. The molecule has 0 bridgehead atoms. The van der Waals surface area contributed by atoms with Crippen LogP contribution in [0.2, 0.25) is 0 Å². The molecule has 0 rings (SSSR count). The highest BCUT2D eigenvalue weighted by Crippen LogP contribution is 1.99. The molecular weight excluding hydrogens is 114 g/mol. The summed E-state index contributed by atoms with van der Waals surface area (Å²) in [6.07, 6.45) is 0.747. The Balaban J connectivity index is 0. The number of rotatable bonds is 3. The van der Waals surface area contributed by atoms with Crippen molar-refractivity contribution >= 4 is 5.78 Å². The molecule has 0 saturated carbocycles. The molecule has 0 aliphatic rings. The van der Waals surface area contributed by atoms with Gasteiger partial charge in [0.2, 0.25) is 0 Å². The van der Waals surface area contributed by atoms with E-state index in [4.69, 9.17) is 5.73 Å². The van der Waals surface area contributed by atoms with E-state index in [9.17, 15) is 4.79 Å². The fourth-order valence-electron chi connectivity index (χ4n) is 0.629. The number of nitrogens with two attached hydrogens (primary N) is 1. The van der Waals surface area contributed by atoms with Gasteiger partial charge in [0.25, 0.3) is 0 Å². The van der Waals surface area contributed by atoms with Gasteiger partial charge in [0.1, 0.15) is 0 Å². The Labute approximate surface area is 57.9 Å². The Morgan fingerprint density at radius 1 is 1.67 bits per heavy atom. The van der Waals surface area contributed by atoms with Crippen molar-refractivity contribution in [3.8, 4) is 0 Å². The summed E-state index contributed by atoms with van der Waals surface area (Å²) in [5, 5.41) is 0. The van der Waals surface area contributed by atoms with Crippen LogP contribution in [0.1, 0.15) is 28.6 Å². The van der Waals surface area contributed by atoms with E-state index in [1.165, 1.54) is 0 Å². The Kier molecular flexibility index (Phi) is 3.47. The van der Waals surface area contributed by atoms with E-state index in [1.54, 1.807) is 0 Å². The summed E-state index contributed by atoms with van der Waals surface area (Å²) >= 11 is 0. The van der Waals surface area contributed by atoms with Gasteiger partial charge in [0.15, 0.2) is 5.78 Å².